The van der Waals surface area contributed by atoms with E-state index in [0.29, 0.717) is 17.2 Å². The van der Waals surface area contributed by atoms with Crippen molar-refractivity contribution in [2.24, 2.45) is 0 Å². The van der Waals surface area contributed by atoms with Crippen LogP contribution in [0.4, 0.5) is 0 Å². The second-order valence-corrected chi connectivity index (χ2v) is 4.51. The second-order valence-electron chi connectivity index (χ2n) is 3.09. The van der Waals surface area contributed by atoms with Gasteiger partial charge in [0.25, 0.3) is 0 Å². The Morgan fingerprint density at radius 3 is 2.87 bits per heavy atom. The summed E-state index contributed by atoms with van der Waals surface area (Å²) in [7, 11) is 0. The van der Waals surface area contributed by atoms with Gasteiger partial charge in [0, 0.05) is 11.3 Å². The third-order valence-electron chi connectivity index (χ3n) is 1.85. The normalized spacial score (nSPS) is 9.93. The number of carbonyl (C=O) groups excluding carboxylic acids is 1. The molecule has 0 aliphatic carbocycles. The third kappa shape index (κ3) is 4.54. The molecular formula is C12H13ClOS. The Kier molecular flexibility index (Phi) is 5.51. The molecule has 0 heterocycles. The van der Waals surface area contributed by atoms with E-state index in [1.54, 1.807) is 6.08 Å². The Hall–Kier alpha value is -0.730. The van der Waals surface area contributed by atoms with Crippen LogP contribution < -0.4 is 0 Å². The fourth-order valence-electron chi connectivity index (χ4n) is 1.06. The number of hydrogen-bond acceptors (Lipinski definition) is 2. The van der Waals surface area contributed by atoms with Crippen LogP contribution in [0.1, 0.15) is 12.8 Å². The van der Waals surface area contributed by atoms with E-state index in [9.17, 15) is 4.79 Å². The molecule has 0 fully saturated rings. The molecule has 0 aliphatic heterocycles. The SMILES string of the molecule is C=CCCC(=O)CSc1ccccc1Cl. The summed E-state index contributed by atoms with van der Waals surface area (Å²) in [6.45, 7) is 3.58. The fraction of sp³-hybridized carbons (Fsp3) is 0.250. The molecule has 0 aromatic heterocycles. The van der Waals surface area contributed by atoms with E-state index in [2.05, 4.69) is 6.58 Å². The first kappa shape index (κ1) is 12.3. The lowest BCUT2D eigenvalue weighted by molar-refractivity contribution is -0.116. The Morgan fingerprint density at radius 2 is 2.20 bits per heavy atom. The number of ketones is 1. The predicted molar refractivity (Wildman–Crippen MR) is 66.6 cm³/mol. The van der Waals surface area contributed by atoms with Crippen molar-refractivity contribution in [1.82, 2.24) is 0 Å². The maximum Gasteiger partial charge on any atom is 0.143 e. The molecule has 0 atom stereocenters. The van der Waals surface area contributed by atoms with Crippen LogP contribution in [0.2, 0.25) is 5.02 Å². The monoisotopic (exact) mass is 240 g/mol. The summed E-state index contributed by atoms with van der Waals surface area (Å²) in [5, 5.41) is 0.707. The van der Waals surface area contributed by atoms with E-state index in [1.807, 2.05) is 24.3 Å². The van der Waals surface area contributed by atoms with Gasteiger partial charge in [-0.15, -0.1) is 18.3 Å². The minimum absolute atomic E-state index is 0.236. The predicted octanol–water partition coefficient (Wildman–Crippen LogP) is 3.97. The lowest BCUT2D eigenvalue weighted by Crippen LogP contribution is -2.00. The number of carbonyl (C=O) groups is 1. The zero-order valence-electron chi connectivity index (χ0n) is 8.41. The van der Waals surface area contributed by atoms with Crippen molar-refractivity contribution in [1.29, 1.82) is 0 Å². The summed E-state index contributed by atoms with van der Waals surface area (Å²) in [5.74, 6) is 0.720. The number of hydrogen-bond donors (Lipinski definition) is 0. The van der Waals surface area contributed by atoms with Gasteiger partial charge < -0.3 is 0 Å². The summed E-state index contributed by atoms with van der Waals surface area (Å²) < 4.78 is 0. The summed E-state index contributed by atoms with van der Waals surface area (Å²) in [6.07, 6.45) is 3.08. The average Bonchev–Trinajstić information content (AvgIpc) is 2.25. The highest BCUT2D eigenvalue weighted by molar-refractivity contribution is 8.00. The van der Waals surface area contributed by atoms with Gasteiger partial charge in [0.2, 0.25) is 0 Å². The van der Waals surface area contributed by atoms with Crippen LogP contribution >= 0.6 is 23.4 Å². The molecule has 0 N–H and O–H groups in total. The van der Waals surface area contributed by atoms with Gasteiger partial charge in [0.15, 0.2) is 0 Å². The molecule has 1 nitrogen and oxygen atoms in total. The van der Waals surface area contributed by atoms with Gasteiger partial charge >= 0.3 is 0 Å². The van der Waals surface area contributed by atoms with E-state index in [-0.39, 0.29) is 5.78 Å². The van der Waals surface area contributed by atoms with Gasteiger partial charge in [-0.05, 0) is 18.6 Å². The molecule has 0 saturated carbocycles. The Bertz CT molecular complexity index is 349. The van der Waals surface area contributed by atoms with E-state index in [4.69, 9.17) is 11.6 Å². The lowest BCUT2D eigenvalue weighted by atomic mass is 10.2. The summed E-state index contributed by atoms with van der Waals surface area (Å²) in [5.41, 5.74) is 0. The molecule has 3 heteroatoms. The van der Waals surface area contributed by atoms with Gasteiger partial charge in [-0.3, -0.25) is 4.79 Å². The molecule has 0 spiro atoms. The van der Waals surface area contributed by atoms with Gasteiger partial charge in [-0.2, -0.15) is 0 Å². The topological polar surface area (TPSA) is 17.1 Å². The smallest absolute Gasteiger partial charge is 0.143 e. The molecule has 0 bridgehead atoms. The molecule has 15 heavy (non-hydrogen) atoms. The number of halogens is 1. The zero-order valence-corrected chi connectivity index (χ0v) is 9.98. The minimum Gasteiger partial charge on any atom is -0.299 e. The third-order valence-corrected chi connectivity index (χ3v) is 3.43. The lowest BCUT2D eigenvalue weighted by Gasteiger charge is -2.02. The molecule has 0 unspecified atom stereocenters. The molecule has 1 aromatic rings. The van der Waals surface area contributed by atoms with E-state index in [0.717, 1.165) is 11.3 Å². The quantitative estimate of drug-likeness (QED) is 0.553. The first-order valence-corrected chi connectivity index (χ1v) is 6.10. The maximum absolute atomic E-state index is 11.4. The van der Waals surface area contributed by atoms with Gasteiger partial charge in [0.05, 0.1) is 10.8 Å². The fourth-order valence-corrected chi connectivity index (χ4v) is 2.20. The van der Waals surface area contributed by atoms with Crippen LogP contribution in [0, 0.1) is 0 Å². The van der Waals surface area contributed by atoms with Crippen molar-refractivity contribution in [2.75, 3.05) is 5.75 Å². The Morgan fingerprint density at radius 1 is 1.47 bits per heavy atom. The van der Waals surface area contributed by atoms with Crippen molar-refractivity contribution in [3.63, 3.8) is 0 Å². The molecule has 0 radical (unpaired) electrons. The van der Waals surface area contributed by atoms with Crippen molar-refractivity contribution < 1.29 is 4.79 Å². The van der Waals surface area contributed by atoms with Crippen LogP contribution in [0.5, 0.6) is 0 Å². The van der Waals surface area contributed by atoms with Crippen LogP contribution in [-0.2, 0) is 4.79 Å². The first-order chi connectivity index (χ1) is 7.24. The molecule has 0 aliphatic rings. The summed E-state index contributed by atoms with van der Waals surface area (Å²) in [4.78, 5) is 12.3. The van der Waals surface area contributed by atoms with Gasteiger partial charge in [0.1, 0.15) is 5.78 Å². The highest BCUT2D eigenvalue weighted by Gasteiger charge is 2.04. The van der Waals surface area contributed by atoms with E-state index < -0.39 is 0 Å². The van der Waals surface area contributed by atoms with Gasteiger partial charge in [-0.25, -0.2) is 0 Å². The van der Waals surface area contributed by atoms with Crippen molar-refractivity contribution in [3.05, 3.63) is 41.9 Å². The number of thioether (sulfide) groups is 1. The van der Waals surface area contributed by atoms with Crippen molar-refractivity contribution in [2.45, 2.75) is 17.7 Å². The molecule has 80 valence electrons. The van der Waals surface area contributed by atoms with Crippen molar-refractivity contribution in [3.8, 4) is 0 Å². The second kappa shape index (κ2) is 6.70. The standard InChI is InChI=1S/C12H13ClOS/c1-2-3-6-10(14)9-15-12-8-5-4-7-11(12)13/h2,4-5,7-8H,1,3,6,9H2. The van der Waals surface area contributed by atoms with Gasteiger partial charge in [-0.1, -0.05) is 29.8 Å². The molecule has 0 amide bonds. The maximum atomic E-state index is 11.4. The molecular weight excluding hydrogens is 228 g/mol. The average molecular weight is 241 g/mol. The Labute approximate surface area is 99.5 Å². The number of benzene rings is 1. The minimum atomic E-state index is 0.236. The van der Waals surface area contributed by atoms with Crippen LogP contribution in [-0.4, -0.2) is 11.5 Å². The zero-order chi connectivity index (χ0) is 11.1. The molecule has 0 saturated heterocycles. The number of Topliss-reactive ketones (excluding diaryl/α,β-unsaturated/α-hetero) is 1. The van der Waals surface area contributed by atoms with Crippen LogP contribution in [0.25, 0.3) is 0 Å². The summed E-state index contributed by atoms with van der Waals surface area (Å²) in [6, 6.07) is 7.56. The number of allylic oxidation sites excluding steroid dienone is 1. The van der Waals surface area contributed by atoms with Crippen LogP contribution in [0.15, 0.2) is 41.8 Å². The van der Waals surface area contributed by atoms with Crippen LogP contribution in [0.3, 0.4) is 0 Å². The molecule has 1 aromatic carbocycles. The molecule has 1 rings (SSSR count). The first-order valence-electron chi connectivity index (χ1n) is 4.74. The highest BCUT2D eigenvalue weighted by atomic mass is 35.5. The van der Waals surface area contributed by atoms with E-state index in [1.165, 1.54) is 11.8 Å². The largest absolute Gasteiger partial charge is 0.299 e. The Balaban J connectivity index is 2.40. The van der Waals surface area contributed by atoms with E-state index >= 15 is 0 Å². The highest BCUT2D eigenvalue weighted by Crippen LogP contribution is 2.26. The number of rotatable bonds is 6. The summed E-state index contributed by atoms with van der Waals surface area (Å²) >= 11 is 7.45. The van der Waals surface area contributed by atoms with Crippen molar-refractivity contribution >= 4 is 29.1 Å².